The third-order valence-corrected chi connectivity index (χ3v) is 0. The summed E-state index contributed by atoms with van der Waals surface area (Å²) in [6.07, 6.45) is 0. The Morgan fingerprint density at radius 1 is 1.00 bits per heavy atom. The molecule has 0 N–H and O–H groups in total. The first-order valence-electron chi connectivity index (χ1n) is 0.342. The molecule has 0 saturated carbocycles. The Hall–Kier alpha value is 2.69. The minimum atomic E-state index is -4.70. The Morgan fingerprint density at radius 3 is 1.00 bits per heavy atom. The van der Waals surface area contributed by atoms with E-state index in [1.165, 1.54) is 0 Å². The summed E-state index contributed by atoms with van der Waals surface area (Å²) in [7, 11) is 0. The normalized spacial score (nSPS) is 9.00. The van der Waals surface area contributed by atoms with E-state index < -0.39 is 34.2 Å². The second-order valence-corrected chi connectivity index (χ2v) is 0.958. The summed E-state index contributed by atoms with van der Waals surface area (Å²) in [6.45, 7) is 0. The van der Waals surface area contributed by atoms with E-state index >= 15 is 0 Å². The van der Waals surface area contributed by atoms with Gasteiger partial charge in [-0.05, 0) is 0 Å². The second kappa shape index (κ2) is 6.69. The van der Waals surface area contributed by atoms with Crippen LogP contribution in [0.1, 0.15) is 0 Å². The van der Waals surface area contributed by atoms with E-state index in [2.05, 4.69) is 0 Å². The Bertz CT molecular complexity index is 11.6. The molecule has 0 nitrogen and oxygen atoms in total. The fraction of sp³-hybridized carbons (Fsp3) is 0. The molecule has 0 amide bonds. The summed E-state index contributed by atoms with van der Waals surface area (Å²) in [5.74, 6) is 0. The molecule has 0 aliphatic heterocycles. The Balaban J connectivity index is 0. The van der Waals surface area contributed by atoms with Crippen LogP contribution >= 0.6 is 0 Å². The molecule has 0 bridgehead atoms. The van der Waals surface area contributed by atoms with E-state index in [4.69, 9.17) is 0 Å². The molecule has 0 rings (SSSR count). The van der Waals surface area contributed by atoms with Gasteiger partial charge >= 0.3 is 89.7 Å². The molecule has 34 valence electrons. The van der Waals surface area contributed by atoms with E-state index in [0.29, 0.717) is 0 Å². The van der Waals surface area contributed by atoms with Gasteiger partial charge in [0.15, 0.2) is 0 Å². The third kappa shape index (κ3) is 20.3. The van der Waals surface area contributed by atoms with Gasteiger partial charge in [0.05, 0.1) is 0 Å². The van der Waals surface area contributed by atoms with Crippen molar-refractivity contribution >= 4 is 51.4 Å². The topological polar surface area (TPSA) is 0 Å². The Labute approximate surface area is 87.1 Å². The monoisotopic (exact) mass is 262 g/mol. The quantitative estimate of drug-likeness (QED) is 0.561. The van der Waals surface area contributed by atoms with Crippen LogP contribution in [0, 0.1) is 34.2 Å². The van der Waals surface area contributed by atoms with E-state index in [1.54, 1.807) is 0 Å². The van der Waals surface area contributed by atoms with Gasteiger partial charge in [-0.25, -0.2) is 0 Å². The minimum absolute atomic E-state index is 0. The molecule has 0 saturated heterocycles. The standard InChI is InChI=1S/3FH.Ho.K.H/h3*1H;;;/q;;;+3;;/p-3. The molecule has 0 heterocycles. The third-order valence-electron chi connectivity index (χ3n) is 0. The van der Waals surface area contributed by atoms with Gasteiger partial charge in [-0.15, -0.1) is 0 Å². The maximum absolute atomic E-state index is 9.81. The van der Waals surface area contributed by atoms with Gasteiger partial charge in [0.1, 0.15) is 0 Å². The van der Waals surface area contributed by atoms with Crippen LogP contribution in [0.2, 0.25) is 0 Å². The molecule has 5 heavy (non-hydrogen) atoms. The van der Waals surface area contributed by atoms with Crippen LogP contribution in [0.3, 0.4) is 0 Å². The molecular formula is HF3HoK. The molecule has 5 heteroatoms. The van der Waals surface area contributed by atoms with Crippen LogP contribution in [0.5, 0.6) is 0 Å². The van der Waals surface area contributed by atoms with Crippen molar-refractivity contribution in [1.29, 1.82) is 0 Å². The molecule has 0 fully saturated rings. The molecule has 0 aromatic rings. The van der Waals surface area contributed by atoms with Crippen molar-refractivity contribution in [2.75, 3.05) is 0 Å². The van der Waals surface area contributed by atoms with Crippen LogP contribution < -0.4 is 0 Å². The summed E-state index contributed by atoms with van der Waals surface area (Å²) in [5, 5.41) is 0. The number of hydrogen-bond donors (Lipinski definition) is 0. The summed E-state index contributed by atoms with van der Waals surface area (Å²) in [5.41, 5.74) is 0. The van der Waals surface area contributed by atoms with E-state index in [9.17, 15) is 4.09 Å². The van der Waals surface area contributed by atoms with Crippen molar-refractivity contribution in [1.82, 2.24) is 0 Å². The van der Waals surface area contributed by atoms with E-state index in [0.717, 1.165) is 0 Å². The SMILES string of the molecule is [F][Ho]([F])[F].[KH]. The second-order valence-electron chi connectivity index (χ2n) is 0.129. The number of hydrogen-bond acceptors (Lipinski definition) is 0. The fourth-order valence-electron chi connectivity index (χ4n) is 0. The van der Waals surface area contributed by atoms with Gasteiger partial charge in [0, 0.05) is 0 Å². The molecule has 0 radical (unpaired) electrons. The summed E-state index contributed by atoms with van der Waals surface area (Å²) in [6, 6.07) is 0. The van der Waals surface area contributed by atoms with Crippen molar-refractivity contribution in [2.45, 2.75) is 0 Å². The average Bonchev–Trinajstić information content (AvgIpc) is 0.811. The zero-order valence-corrected chi connectivity index (χ0v) is 3.37. The summed E-state index contributed by atoms with van der Waals surface area (Å²) >= 11 is -4.70. The van der Waals surface area contributed by atoms with E-state index in [1.807, 2.05) is 0 Å². The first-order chi connectivity index (χ1) is 1.73. The van der Waals surface area contributed by atoms with Crippen molar-refractivity contribution in [3.05, 3.63) is 0 Å². The number of halogens is 3. The van der Waals surface area contributed by atoms with Crippen LogP contribution in [0.4, 0.5) is 4.09 Å². The zero-order chi connectivity index (χ0) is 3.58. The first kappa shape index (κ1) is 10.6. The van der Waals surface area contributed by atoms with Crippen molar-refractivity contribution < 1.29 is 38.3 Å². The van der Waals surface area contributed by atoms with Crippen molar-refractivity contribution in [3.8, 4) is 0 Å². The fourth-order valence-corrected chi connectivity index (χ4v) is 0. The van der Waals surface area contributed by atoms with Gasteiger partial charge in [-0.1, -0.05) is 0 Å². The van der Waals surface area contributed by atoms with Gasteiger partial charge in [0.25, 0.3) is 0 Å². The van der Waals surface area contributed by atoms with Gasteiger partial charge < -0.3 is 0 Å². The van der Waals surface area contributed by atoms with Gasteiger partial charge in [0.2, 0.25) is 0 Å². The Morgan fingerprint density at radius 2 is 1.00 bits per heavy atom. The van der Waals surface area contributed by atoms with Crippen LogP contribution in [-0.2, 0) is 0 Å². The first-order valence-corrected chi connectivity index (χ1v) is 2.54. The molecule has 0 atom stereocenters. The molecule has 0 aromatic carbocycles. The molecule has 0 aromatic heterocycles. The molecule has 0 aliphatic carbocycles. The van der Waals surface area contributed by atoms with E-state index in [-0.39, 0.29) is 51.4 Å². The zero-order valence-electron chi connectivity index (χ0n) is 1.44. The Kier molecular flexibility index (Phi) is 14.2. The van der Waals surface area contributed by atoms with Crippen LogP contribution in [0.25, 0.3) is 0 Å². The summed E-state index contributed by atoms with van der Waals surface area (Å²) < 4.78 is 29.4. The maximum atomic E-state index is 9.81. The molecule has 0 spiro atoms. The van der Waals surface area contributed by atoms with Crippen LogP contribution in [-0.4, -0.2) is 51.4 Å². The van der Waals surface area contributed by atoms with Crippen molar-refractivity contribution in [2.24, 2.45) is 0 Å². The molecular weight excluding hydrogens is 261 g/mol. The predicted molar refractivity (Wildman–Crippen MR) is 10.5 cm³/mol. The van der Waals surface area contributed by atoms with Crippen LogP contribution in [0.15, 0.2) is 0 Å². The summed E-state index contributed by atoms with van der Waals surface area (Å²) in [4.78, 5) is 0. The molecule has 0 unspecified atom stereocenters. The molecule has 0 aliphatic rings. The van der Waals surface area contributed by atoms with Gasteiger partial charge in [-0.3, -0.25) is 0 Å². The van der Waals surface area contributed by atoms with Crippen molar-refractivity contribution in [3.63, 3.8) is 0 Å². The predicted octanol–water partition coefficient (Wildman–Crippen LogP) is 0.612. The van der Waals surface area contributed by atoms with Gasteiger partial charge in [-0.2, -0.15) is 0 Å². The average molecular weight is 262 g/mol. The number of rotatable bonds is 0.